The molecule has 3 atom stereocenters. The zero-order valence-electron chi connectivity index (χ0n) is 12.3. The molecule has 1 heterocycles. The normalized spacial score (nSPS) is 24.8. The molecule has 1 aliphatic heterocycles. The number of ether oxygens (including phenoxy) is 2. The fraction of sp³-hybridized carbons (Fsp3) is 0.600. The van der Waals surface area contributed by atoms with Gasteiger partial charge in [0.1, 0.15) is 18.5 Å². The van der Waals surface area contributed by atoms with Crippen LogP contribution in [0.3, 0.4) is 0 Å². The van der Waals surface area contributed by atoms with Gasteiger partial charge >= 0.3 is 0 Å². The second kappa shape index (κ2) is 7.92. The molecule has 0 amide bonds. The van der Waals surface area contributed by atoms with E-state index in [1.165, 1.54) is 0 Å². The van der Waals surface area contributed by atoms with Crippen molar-refractivity contribution in [2.75, 3.05) is 26.2 Å². The Kier molecular flexibility index (Phi) is 6.50. The molecule has 1 aromatic rings. The summed E-state index contributed by atoms with van der Waals surface area (Å²) >= 11 is 6.85. The summed E-state index contributed by atoms with van der Waals surface area (Å²) in [6, 6.07) is 5.71. The summed E-state index contributed by atoms with van der Waals surface area (Å²) in [5.74, 6) is 0.737. The molecular formula is C15H21Br2NO3. The minimum absolute atomic E-state index is 0.211. The number of rotatable bonds is 5. The Morgan fingerprint density at radius 1 is 1.33 bits per heavy atom. The fourth-order valence-corrected chi connectivity index (χ4v) is 3.72. The minimum Gasteiger partial charge on any atom is -0.490 e. The van der Waals surface area contributed by atoms with E-state index >= 15 is 0 Å². The van der Waals surface area contributed by atoms with Gasteiger partial charge < -0.3 is 14.6 Å². The van der Waals surface area contributed by atoms with E-state index in [1.54, 1.807) is 0 Å². The van der Waals surface area contributed by atoms with Crippen molar-refractivity contribution in [2.45, 2.75) is 32.2 Å². The SMILES string of the molecule is C[C@@H]1CN(C[C@@H](O)COc2ccc(Br)cc2Br)C[C@H](C)O1. The van der Waals surface area contributed by atoms with Gasteiger partial charge in [-0.1, -0.05) is 15.9 Å². The molecule has 0 radical (unpaired) electrons. The summed E-state index contributed by atoms with van der Waals surface area (Å²) in [6.07, 6.45) is -0.0944. The van der Waals surface area contributed by atoms with Gasteiger partial charge in [0.15, 0.2) is 0 Å². The molecule has 0 unspecified atom stereocenters. The van der Waals surface area contributed by atoms with E-state index in [1.807, 2.05) is 18.2 Å². The van der Waals surface area contributed by atoms with Crippen LogP contribution < -0.4 is 4.74 Å². The van der Waals surface area contributed by atoms with Gasteiger partial charge in [0.2, 0.25) is 0 Å². The topological polar surface area (TPSA) is 41.9 Å². The van der Waals surface area contributed by atoms with E-state index in [2.05, 4.69) is 50.6 Å². The first-order valence-corrected chi connectivity index (χ1v) is 8.66. The van der Waals surface area contributed by atoms with Gasteiger partial charge in [0.05, 0.1) is 16.7 Å². The van der Waals surface area contributed by atoms with Crippen molar-refractivity contribution in [3.63, 3.8) is 0 Å². The predicted octanol–water partition coefficient (Wildman–Crippen LogP) is 3.06. The van der Waals surface area contributed by atoms with Crippen molar-refractivity contribution in [3.05, 3.63) is 27.1 Å². The number of morpholine rings is 1. The van der Waals surface area contributed by atoms with Crippen LogP contribution in [0.15, 0.2) is 27.1 Å². The van der Waals surface area contributed by atoms with Crippen molar-refractivity contribution < 1.29 is 14.6 Å². The molecule has 0 aromatic heterocycles. The second-order valence-electron chi connectivity index (χ2n) is 5.52. The van der Waals surface area contributed by atoms with E-state index < -0.39 is 6.10 Å². The van der Waals surface area contributed by atoms with Gasteiger partial charge in [-0.15, -0.1) is 0 Å². The Balaban J connectivity index is 1.80. The second-order valence-corrected chi connectivity index (χ2v) is 7.29. The van der Waals surface area contributed by atoms with Gasteiger partial charge in [-0.2, -0.15) is 0 Å². The number of halogens is 2. The van der Waals surface area contributed by atoms with E-state index in [4.69, 9.17) is 9.47 Å². The van der Waals surface area contributed by atoms with Crippen LogP contribution >= 0.6 is 31.9 Å². The first kappa shape index (κ1) is 17.2. The van der Waals surface area contributed by atoms with Gasteiger partial charge in [0.25, 0.3) is 0 Å². The summed E-state index contributed by atoms with van der Waals surface area (Å²) in [5, 5.41) is 10.1. The highest BCUT2D eigenvalue weighted by Crippen LogP contribution is 2.28. The maximum Gasteiger partial charge on any atom is 0.133 e. The summed E-state index contributed by atoms with van der Waals surface area (Å²) in [7, 11) is 0. The number of hydrogen-bond donors (Lipinski definition) is 1. The van der Waals surface area contributed by atoms with E-state index in [9.17, 15) is 5.11 Å². The van der Waals surface area contributed by atoms with Gasteiger partial charge in [-0.3, -0.25) is 4.90 Å². The van der Waals surface area contributed by atoms with Crippen molar-refractivity contribution in [2.24, 2.45) is 0 Å². The first-order chi connectivity index (χ1) is 9.94. The molecule has 21 heavy (non-hydrogen) atoms. The molecular weight excluding hydrogens is 402 g/mol. The van der Waals surface area contributed by atoms with Crippen LogP contribution in [0.2, 0.25) is 0 Å². The van der Waals surface area contributed by atoms with Crippen molar-refractivity contribution in [1.29, 1.82) is 0 Å². The molecule has 1 N–H and O–H groups in total. The van der Waals surface area contributed by atoms with Crippen molar-refractivity contribution >= 4 is 31.9 Å². The van der Waals surface area contributed by atoms with Crippen molar-refractivity contribution in [1.82, 2.24) is 4.90 Å². The van der Waals surface area contributed by atoms with E-state index in [0.717, 1.165) is 27.8 Å². The Bertz CT molecular complexity index is 462. The molecule has 2 rings (SSSR count). The number of benzene rings is 1. The molecule has 118 valence electrons. The molecule has 1 aliphatic rings. The lowest BCUT2D eigenvalue weighted by molar-refractivity contribution is -0.0787. The molecule has 1 fully saturated rings. The monoisotopic (exact) mass is 421 g/mol. The molecule has 0 aliphatic carbocycles. The molecule has 0 bridgehead atoms. The quantitative estimate of drug-likeness (QED) is 0.791. The average molecular weight is 423 g/mol. The highest BCUT2D eigenvalue weighted by molar-refractivity contribution is 9.11. The maximum atomic E-state index is 10.1. The number of aliphatic hydroxyl groups is 1. The Labute approximate surface area is 142 Å². The van der Waals surface area contributed by atoms with Gasteiger partial charge in [0, 0.05) is 24.1 Å². The third-order valence-corrected chi connectivity index (χ3v) is 4.40. The maximum absolute atomic E-state index is 10.1. The third kappa shape index (κ3) is 5.53. The van der Waals surface area contributed by atoms with Crippen LogP contribution in [0.1, 0.15) is 13.8 Å². The summed E-state index contributed by atoms with van der Waals surface area (Å²) < 4.78 is 13.2. The number of β-amino-alcohol motifs (C(OH)–C–C–N with tert-alkyl or cyclic N) is 1. The van der Waals surface area contributed by atoms with Crippen LogP contribution in [-0.4, -0.2) is 54.6 Å². The Hall–Kier alpha value is -0.140. The van der Waals surface area contributed by atoms with Crippen LogP contribution in [0.25, 0.3) is 0 Å². The Morgan fingerprint density at radius 2 is 2.00 bits per heavy atom. The standard InChI is InChI=1S/C15H21Br2NO3/c1-10-6-18(7-11(2)21-10)8-13(19)9-20-15-4-3-12(16)5-14(15)17/h3-5,10-11,13,19H,6-9H2,1-2H3/t10-,11+,13-/m1/s1. The predicted molar refractivity (Wildman–Crippen MR) is 89.8 cm³/mol. The smallest absolute Gasteiger partial charge is 0.133 e. The molecule has 4 nitrogen and oxygen atoms in total. The van der Waals surface area contributed by atoms with Crippen LogP contribution in [0, 0.1) is 0 Å². The largest absolute Gasteiger partial charge is 0.490 e. The summed E-state index contributed by atoms with van der Waals surface area (Å²) in [4.78, 5) is 2.23. The lowest BCUT2D eigenvalue weighted by Gasteiger charge is -2.36. The average Bonchev–Trinajstić information content (AvgIpc) is 2.36. The molecule has 1 saturated heterocycles. The zero-order valence-corrected chi connectivity index (χ0v) is 15.4. The Morgan fingerprint density at radius 3 is 2.62 bits per heavy atom. The number of aliphatic hydroxyl groups excluding tert-OH is 1. The van der Waals surface area contributed by atoms with E-state index in [0.29, 0.717) is 6.54 Å². The molecule has 0 saturated carbocycles. The van der Waals surface area contributed by atoms with Gasteiger partial charge in [-0.05, 0) is 48.0 Å². The lowest BCUT2D eigenvalue weighted by atomic mass is 10.2. The summed E-state index contributed by atoms with van der Waals surface area (Å²) in [5.41, 5.74) is 0. The highest BCUT2D eigenvalue weighted by atomic mass is 79.9. The van der Waals surface area contributed by atoms with Gasteiger partial charge in [-0.25, -0.2) is 0 Å². The zero-order chi connectivity index (χ0) is 15.4. The molecule has 0 spiro atoms. The lowest BCUT2D eigenvalue weighted by Crippen LogP contribution is -2.48. The molecule has 6 heteroatoms. The van der Waals surface area contributed by atoms with Crippen LogP contribution in [0.5, 0.6) is 5.75 Å². The third-order valence-electron chi connectivity index (χ3n) is 3.29. The highest BCUT2D eigenvalue weighted by Gasteiger charge is 2.24. The number of nitrogens with zero attached hydrogens (tertiary/aromatic N) is 1. The fourth-order valence-electron chi connectivity index (χ4n) is 2.56. The summed E-state index contributed by atoms with van der Waals surface area (Å²) in [6.45, 7) is 6.70. The number of hydrogen-bond acceptors (Lipinski definition) is 4. The van der Waals surface area contributed by atoms with Crippen molar-refractivity contribution in [3.8, 4) is 5.75 Å². The minimum atomic E-state index is -0.516. The van der Waals surface area contributed by atoms with Crippen LogP contribution in [0.4, 0.5) is 0 Å². The van der Waals surface area contributed by atoms with Crippen LogP contribution in [-0.2, 0) is 4.74 Å². The first-order valence-electron chi connectivity index (χ1n) is 7.07. The molecule has 1 aromatic carbocycles. The van der Waals surface area contributed by atoms with E-state index in [-0.39, 0.29) is 18.8 Å².